The molecule has 0 radical (unpaired) electrons. The summed E-state index contributed by atoms with van der Waals surface area (Å²) < 4.78 is 5.25. The summed E-state index contributed by atoms with van der Waals surface area (Å²) >= 11 is 0. The fraction of sp³-hybridized carbons (Fsp3) is 0.222. The summed E-state index contributed by atoms with van der Waals surface area (Å²) in [6.45, 7) is 1.08. The Hall–Kier alpha value is -4.53. The van der Waals surface area contributed by atoms with Crippen molar-refractivity contribution in [3.63, 3.8) is 0 Å². The van der Waals surface area contributed by atoms with Gasteiger partial charge in [0.05, 0.1) is 18.9 Å². The minimum absolute atomic E-state index is 0.0521. The number of imide groups is 2. The van der Waals surface area contributed by atoms with Gasteiger partial charge >= 0.3 is 17.8 Å². The van der Waals surface area contributed by atoms with Crippen LogP contribution in [0.25, 0.3) is 10.8 Å². The number of methoxy groups -OCH3 is 1. The van der Waals surface area contributed by atoms with Crippen molar-refractivity contribution in [2.75, 3.05) is 20.2 Å². The molecule has 0 N–H and O–H groups in total. The topological polar surface area (TPSA) is 99.6 Å². The molecule has 5 amide bonds. The lowest BCUT2D eigenvalue weighted by molar-refractivity contribution is -0.145. The Labute approximate surface area is 207 Å². The highest BCUT2D eigenvalue weighted by atomic mass is 16.5. The van der Waals surface area contributed by atoms with E-state index in [4.69, 9.17) is 4.74 Å². The molecule has 0 unspecified atom stereocenters. The lowest BCUT2D eigenvalue weighted by atomic mass is 9.97. The number of carbonyl (C=O) groups excluding carboxylic acids is 4. The minimum atomic E-state index is -1.01. The van der Waals surface area contributed by atoms with E-state index in [1.54, 1.807) is 26.2 Å². The molecule has 3 aromatic rings. The van der Waals surface area contributed by atoms with E-state index >= 15 is 0 Å². The molecule has 9 heteroatoms. The molecule has 5 rings (SSSR count). The first-order valence-electron chi connectivity index (χ1n) is 11.6. The van der Waals surface area contributed by atoms with Gasteiger partial charge in [-0.25, -0.2) is 14.7 Å². The van der Waals surface area contributed by atoms with Crippen molar-refractivity contribution in [1.29, 1.82) is 0 Å². The van der Waals surface area contributed by atoms with Gasteiger partial charge in [0.15, 0.2) is 0 Å². The molecule has 0 bridgehead atoms. The largest absolute Gasteiger partial charge is 0.497 e. The molecule has 2 aliphatic heterocycles. The summed E-state index contributed by atoms with van der Waals surface area (Å²) in [5.41, 5.74) is 2.41. The normalized spacial score (nSPS) is 17.8. The van der Waals surface area contributed by atoms with E-state index in [1.807, 2.05) is 54.6 Å². The Morgan fingerprint density at radius 1 is 0.944 bits per heavy atom. The number of hydrogen-bond acceptors (Lipinski definition) is 6. The lowest BCUT2D eigenvalue weighted by Gasteiger charge is -2.24. The zero-order chi connectivity index (χ0) is 25.4. The summed E-state index contributed by atoms with van der Waals surface area (Å²) in [6.07, 6.45) is 0.443. The number of amides is 5. The number of benzene rings is 3. The number of urea groups is 1. The van der Waals surface area contributed by atoms with Gasteiger partial charge in [0.2, 0.25) is 0 Å². The molecule has 2 heterocycles. The molecule has 182 valence electrons. The molecule has 1 atom stereocenters. The van der Waals surface area contributed by atoms with Gasteiger partial charge in [-0.3, -0.25) is 19.3 Å². The highest BCUT2D eigenvalue weighted by Gasteiger charge is 2.45. The lowest BCUT2D eigenvalue weighted by Crippen LogP contribution is -2.42. The third kappa shape index (κ3) is 3.98. The highest BCUT2D eigenvalue weighted by molar-refractivity contribution is 6.45. The Morgan fingerprint density at radius 3 is 2.31 bits per heavy atom. The maximum atomic E-state index is 13.4. The molecular weight excluding hydrogens is 460 g/mol. The van der Waals surface area contributed by atoms with Crippen molar-refractivity contribution in [2.24, 2.45) is 5.10 Å². The highest BCUT2D eigenvalue weighted by Crippen LogP contribution is 2.34. The molecule has 0 spiro atoms. The molecule has 0 saturated carbocycles. The number of nitrogens with zero attached hydrogens (tertiary/aromatic N) is 4. The van der Waals surface area contributed by atoms with Crippen LogP contribution in [0.2, 0.25) is 0 Å². The van der Waals surface area contributed by atoms with E-state index < -0.39 is 36.3 Å². The van der Waals surface area contributed by atoms with E-state index in [9.17, 15) is 19.2 Å². The average Bonchev–Trinajstić information content (AvgIpc) is 3.44. The number of fused-ring (bicyclic) bond motifs is 1. The minimum Gasteiger partial charge on any atom is -0.497 e. The third-order valence-corrected chi connectivity index (χ3v) is 6.49. The SMILES string of the molecule is CCN1C(=O)C(=O)N(CC(=O)N2N=C(c3ccc4ccccc4c3)C[C@@H]2c2ccc(OC)cc2)C1=O. The van der Waals surface area contributed by atoms with E-state index in [2.05, 4.69) is 5.10 Å². The summed E-state index contributed by atoms with van der Waals surface area (Å²) in [4.78, 5) is 51.9. The van der Waals surface area contributed by atoms with E-state index in [0.717, 1.165) is 26.8 Å². The predicted octanol–water partition coefficient (Wildman–Crippen LogP) is 3.34. The van der Waals surface area contributed by atoms with Crippen molar-refractivity contribution >= 4 is 40.2 Å². The van der Waals surface area contributed by atoms with Gasteiger partial charge in [-0.1, -0.05) is 48.5 Å². The summed E-state index contributed by atoms with van der Waals surface area (Å²) in [5.74, 6) is -1.81. The summed E-state index contributed by atoms with van der Waals surface area (Å²) in [7, 11) is 1.58. The molecule has 1 saturated heterocycles. The van der Waals surface area contributed by atoms with Gasteiger partial charge in [0.25, 0.3) is 5.91 Å². The van der Waals surface area contributed by atoms with Crippen LogP contribution in [0.5, 0.6) is 5.75 Å². The monoisotopic (exact) mass is 484 g/mol. The molecule has 3 aromatic carbocycles. The van der Waals surface area contributed by atoms with Crippen molar-refractivity contribution in [3.05, 3.63) is 77.9 Å². The fourth-order valence-corrected chi connectivity index (χ4v) is 4.55. The van der Waals surface area contributed by atoms with Crippen molar-refractivity contribution < 1.29 is 23.9 Å². The Kier molecular flexibility index (Phi) is 5.97. The third-order valence-electron chi connectivity index (χ3n) is 6.49. The molecular formula is C27H24N4O5. The van der Waals surface area contributed by atoms with Gasteiger partial charge in [0.1, 0.15) is 12.3 Å². The van der Waals surface area contributed by atoms with Crippen LogP contribution in [0.15, 0.2) is 71.8 Å². The standard InChI is InChI=1S/C27H24N4O5/c1-3-29-25(33)26(34)30(27(29)35)16-24(32)31-23(18-10-12-21(36-2)13-11-18)15-22(28-31)20-9-8-17-6-4-5-7-19(17)14-20/h4-14,23H,3,15-16H2,1-2H3/t23-/m1/s1. The quantitative estimate of drug-likeness (QED) is 0.395. The molecule has 36 heavy (non-hydrogen) atoms. The zero-order valence-corrected chi connectivity index (χ0v) is 19.9. The smallest absolute Gasteiger partial charge is 0.334 e. The molecule has 0 aliphatic carbocycles. The maximum Gasteiger partial charge on any atom is 0.334 e. The Bertz CT molecular complexity index is 1420. The molecule has 9 nitrogen and oxygen atoms in total. The number of likely N-dealkylation sites (N-methyl/N-ethyl adjacent to an activating group) is 1. The van der Waals surface area contributed by atoms with Crippen LogP contribution in [0.3, 0.4) is 0 Å². The second-order valence-electron chi connectivity index (χ2n) is 8.56. The maximum absolute atomic E-state index is 13.4. The van der Waals surface area contributed by atoms with Crippen LogP contribution < -0.4 is 4.74 Å². The Balaban J connectivity index is 1.48. The van der Waals surface area contributed by atoms with Crippen LogP contribution in [0.4, 0.5) is 4.79 Å². The van der Waals surface area contributed by atoms with Gasteiger partial charge in [0, 0.05) is 13.0 Å². The van der Waals surface area contributed by atoms with Gasteiger partial charge in [-0.2, -0.15) is 5.10 Å². The number of hydrazone groups is 1. The van der Waals surface area contributed by atoms with Crippen LogP contribution in [0, 0.1) is 0 Å². The second kappa shape index (κ2) is 9.26. The zero-order valence-electron chi connectivity index (χ0n) is 19.9. The first-order chi connectivity index (χ1) is 17.4. The van der Waals surface area contributed by atoms with Crippen LogP contribution in [0.1, 0.15) is 30.5 Å². The number of ether oxygens (including phenoxy) is 1. The van der Waals surface area contributed by atoms with Crippen LogP contribution >= 0.6 is 0 Å². The van der Waals surface area contributed by atoms with Crippen molar-refractivity contribution in [2.45, 2.75) is 19.4 Å². The van der Waals surface area contributed by atoms with E-state index in [1.165, 1.54) is 5.01 Å². The molecule has 1 fully saturated rings. The predicted molar refractivity (Wildman–Crippen MR) is 132 cm³/mol. The number of hydrogen-bond donors (Lipinski definition) is 0. The molecule has 0 aromatic heterocycles. The van der Waals surface area contributed by atoms with Gasteiger partial charge < -0.3 is 4.74 Å². The average molecular weight is 485 g/mol. The first kappa shape index (κ1) is 23.2. The van der Waals surface area contributed by atoms with Crippen molar-refractivity contribution in [1.82, 2.24) is 14.8 Å². The number of carbonyl (C=O) groups is 4. The van der Waals surface area contributed by atoms with Gasteiger partial charge in [-0.15, -0.1) is 0 Å². The van der Waals surface area contributed by atoms with Crippen LogP contribution in [-0.2, 0) is 14.4 Å². The van der Waals surface area contributed by atoms with E-state index in [-0.39, 0.29) is 6.54 Å². The number of rotatable bonds is 6. The second-order valence-corrected chi connectivity index (χ2v) is 8.56. The fourth-order valence-electron chi connectivity index (χ4n) is 4.55. The molecule has 2 aliphatic rings. The summed E-state index contributed by atoms with van der Waals surface area (Å²) in [5, 5.41) is 8.09. The van der Waals surface area contributed by atoms with Crippen LogP contribution in [-0.4, -0.2) is 64.5 Å². The van der Waals surface area contributed by atoms with E-state index in [0.29, 0.717) is 22.8 Å². The van der Waals surface area contributed by atoms with Gasteiger partial charge in [-0.05, 0) is 47.0 Å². The first-order valence-corrected chi connectivity index (χ1v) is 11.6. The Morgan fingerprint density at radius 2 is 1.64 bits per heavy atom. The summed E-state index contributed by atoms with van der Waals surface area (Å²) in [6, 6.07) is 20.1. The van der Waals surface area contributed by atoms with Crippen molar-refractivity contribution in [3.8, 4) is 5.75 Å².